The van der Waals surface area contributed by atoms with E-state index < -0.39 is 0 Å². The Morgan fingerprint density at radius 1 is 1.75 bits per heavy atom. The first-order valence-corrected chi connectivity index (χ1v) is 3.96. The smallest absolute Gasteiger partial charge is 0.223 e. The molecular formula is C7H11N3OS. The Kier molecular flexibility index (Phi) is 2.32. The van der Waals surface area contributed by atoms with Gasteiger partial charge in [0.25, 0.3) is 0 Å². The van der Waals surface area contributed by atoms with Gasteiger partial charge in [-0.25, -0.2) is 0 Å². The van der Waals surface area contributed by atoms with Gasteiger partial charge in [0.1, 0.15) is 0 Å². The molecule has 66 valence electrons. The number of primary amides is 1. The van der Waals surface area contributed by atoms with Crippen molar-refractivity contribution in [3.8, 4) is 0 Å². The van der Waals surface area contributed by atoms with E-state index in [4.69, 9.17) is 18.0 Å². The second-order valence-electron chi connectivity index (χ2n) is 2.70. The molecule has 0 aliphatic rings. The molecule has 0 radical (unpaired) electrons. The number of nitrogens with zero attached hydrogens (tertiary/aromatic N) is 1. The molecule has 1 aromatic heterocycles. The summed E-state index contributed by atoms with van der Waals surface area (Å²) in [6, 6.07) is 0. The number of carbonyl (C=O) groups excluding carboxylic acids is 1. The van der Waals surface area contributed by atoms with Crippen LogP contribution in [0.1, 0.15) is 11.4 Å². The summed E-state index contributed by atoms with van der Waals surface area (Å²) in [5.74, 6) is -0.345. The van der Waals surface area contributed by atoms with E-state index in [2.05, 4.69) is 4.98 Å². The summed E-state index contributed by atoms with van der Waals surface area (Å²) in [7, 11) is 1.81. The third-order valence-corrected chi connectivity index (χ3v) is 2.15. The Morgan fingerprint density at radius 3 is 2.67 bits per heavy atom. The summed E-state index contributed by atoms with van der Waals surface area (Å²) in [5, 5.41) is 0. The second-order valence-corrected chi connectivity index (χ2v) is 3.09. The molecule has 12 heavy (non-hydrogen) atoms. The lowest BCUT2D eigenvalue weighted by Crippen LogP contribution is -2.16. The Labute approximate surface area is 75.4 Å². The van der Waals surface area contributed by atoms with Gasteiger partial charge < -0.3 is 15.3 Å². The van der Waals surface area contributed by atoms with Crippen LogP contribution in [0.5, 0.6) is 0 Å². The number of hydrogen-bond donors (Lipinski definition) is 2. The van der Waals surface area contributed by atoms with Crippen molar-refractivity contribution >= 4 is 18.1 Å². The molecule has 1 amide bonds. The zero-order valence-electron chi connectivity index (χ0n) is 7.05. The highest BCUT2D eigenvalue weighted by molar-refractivity contribution is 7.71. The number of aromatic amines is 1. The lowest BCUT2D eigenvalue weighted by Gasteiger charge is -1.99. The summed E-state index contributed by atoms with van der Waals surface area (Å²) in [4.78, 5) is 13.6. The zero-order valence-corrected chi connectivity index (χ0v) is 7.86. The average molecular weight is 185 g/mol. The van der Waals surface area contributed by atoms with E-state index in [0.29, 0.717) is 4.77 Å². The van der Waals surface area contributed by atoms with E-state index in [1.807, 2.05) is 14.0 Å². The van der Waals surface area contributed by atoms with Gasteiger partial charge in [-0.2, -0.15) is 0 Å². The number of H-pyrrole nitrogens is 1. The van der Waals surface area contributed by atoms with Crippen LogP contribution in [0.4, 0.5) is 0 Å². The number of nitrogens with one attached hydrogen (secondary N) is 1. The van der Waals surface area contributed by atoms with Crippen molar-refractivity contribution < 1.29 is 4.79 Å². The van der Waals surface area contributed by atoms with Gasteiger partial charge >= 0.3 is 0 Å². The molecule has 0 aliphatic carbocycles. The maximum absolute atomic E-state index is 10.6. The van der Waals surface area contributed by atoms with Crippen molar-refractivity contribution in [3.05, 3.63) is 16.2 Å². The van der Waals surface area contributed by atoms with Crippen LogP contribution in [0.2, 0.25) is 0 Å². The van der Waals surface area contributed by atoms with Crippen LogP contribution in [-0.2, 0) is 18.3 Å². The molecule has 0 aromatic carbocycles. The molecule has 0 fully saturated rings. The van der Waals surface area contributed by atoms with Crippen LogP contribution < -0.4 is 5.73 Å². The lowest BCUT2D eigenvalue weighted by molar-refractivity contribution is -0.117. The maximum atomic E-state index is 10.6. The third-order valence-electron chi connectivity index (χ3n) is 1.78. The largest absolute Gasteiger partial charge is 0.369 e. The van der Waals surface area contributed by atoms with E-state index in [-0.39, 0.29) is 12.3 Å². The molecule has 0 unspecified atom stereocenters. The summed E-state index contributed by atoms with van der Waals surface area (Å²) < 4.78 is 2.37. The number of nitrogens with two attached hydrogens (primary N) is 1. The fraction of sp³-hybridized carbons (Fsp3) is 0.429. The highest BCUT2D eigenvalue weighted by Crippen LogP contribution is 2.06. The quantitative estimate of drug-likeness (QED) is 0.656. The zero-order chi connectivity index (χ0) is 9.30. The number of aromatic nitrogens is 2. The summed E-state index contributed by atoms with van der Waals surface area (Å²) in [6.07, 6.45) is 0.232. The van der Waals surface area contributed by atoms with Gasteiger partial charge in [0.2, 0.25) is 5.91 Å². The van der Waals surface area contributed by atoms with Crippen LogP contribution in [0.25, 0.3) is 0 Å². The normalized spacial score (nSPS) is 10.2. The Hall–Kier alpha value is -1.10. The third kappa shape index (κ3) is 1.55. The van der Waals surface area contributed by atoms with Crippen LogP contribution >= 0.6 is 12.2 Å². The molecule has 0 spiro atoms. The predicted octanol–water partition coefficient (Wildman–Crippen LogP) is 0.419. The number of imidazole rings is 1. The molecule has 0 bridgehead atoms. The minimum atomic E-state index is -0.345. The molecule has 1 aromatic rings. The van der Waals surface area contributed by atoms with Crippen LogP contribution in [-0.4, -0.2) is 15.5 Å². The number of rotatable bonds is 2. The van der Waals surface area contributed by atoms with Gasteiger partial charge in [0, 0.05) is 18.4 Å². The molecular weight excluding hydrogens is 174 g/mol. The fourth-order valence-corrected chi connectivity index (χ4v) is 1.37. The van der Waals surface area contributed by atoms with Crippen LogP contribution in [0.15, 0.2) is 0 Å². The van der Waals surface area contributed by atoms with Gasteiger partial charge in [-0.3, -0.25) is 4.79 Å². The number of hydrogen-bond acceptors (Lipinski definition) is 2. The van der Waals surface area contributed by atoms with Crippen molar-refractivity contribution in [1.29, 1.82) is 0 Å². The first-order valence-electron chi connectivity index (χ1n) is 3.55. The number of aryl methyl sites for hydroxylation is 1. The number of amides is 1. The standard InChI is InChI=1S/C7H11N3OS/c1-4-5(3-6(8)11)10(2)7(12)9-4/h3H2,1-2H3,(H2,8,11)(H,9,12). The molecule has 0 saturated heterocycles. The van der Waals surface area contributed by atoms with Crippen molar-refractivity contribution in [2.24, 2.45) is 12.8 Å². The molecule has 1 heterocycles. The lowest BCUT2D eigenvalue weighted by atomic mass is 10.2. The Bertz CT molecular complexity index is 363. The van der Waals surface area contributed by atoms with Gasteiger partial charge in [-0.15, -0.1) is 0 Å². The van der Waals surface area contributed by atoms with Crippen molar-refractivity contribution in [3.63, 3.8) is 0 Å². The topological polar surface area (TPSA) is 63.8 Å². The Balaban J connectivity index is 3.14. The monoisotopic (exact) mass is 185 g/mol. The maximum Gasteiger partial charge on any atom is 0.223 e. The van der Waals surface area contributed by atoms with E-state index in [1.54, 1.807) is 4.57 Å². The minimum absolute atomic E-state index is 0.232. The Morgan fingerprint density at radius 2 is 2.33 bits per heavy atom. The molecule has 0 atom stereocenters. The van der Waals surface area contributed by atoms with Crippen molar-refractivity contribution in [1.82, 2.24) is 9.55 Å². The van der Waals surface area contributed by atoms with E-state index >= 15 is 0 Å². The van der Waals surface area contributed by atoms with Crippen molar-refractivity contribution in [2.45, 2.75) is 13.3 Å². The average Bonchev–Trinajstić information content (AvgIpc) is 2.16. The van der Waals surface area contributed by atoms with Crippen LogP contribution in [0, 0.1) is 11.7 Å². The first-order chi connectivity index (χ1) is 5.52. The summed E-state index contributed by atoms with van der Waals surface area (Å²) in [6.45, 7) is 1.87. The predicted molar refractivity (Wildman–Crippen MR) is 48.2 cm³/mol. The minimum Gasteiger partial charge on any atom is -0.369 e. The van der Waals surface area contributed by atoms with Crippen molar-refractivity contribution in [2.75, 3.05) is 0 Å². The van der Waals surface area contributed by atoms with Gasteiger partial charge in [-0.1, -0.05) is 0 Å². The van der Waals surface area contributed by atoms with Gasteiger partial charge in [-0.05, 0) is 19.1 Å². The highest BCUT2D eigenvalue weighted by Gasteiger charge is 2.07. The van der Waals surface area contributed by atoms with Gasteiger partial charge in [0.15, 0.2) is 4.77 Å². The number of carbonyl (C=O) groups is 1. The highest BCUT2D eigenvalue weighted by atomic mass is 32.1. The molecule has 0 saturated carbocycles. The SMILES string of the molecule is Cc1[nH]c(=S)n(C)c1CC(N)=O. The molecule has 4 nitrogen and oxygen atoms in total. The molecule has 5 heteroatoms. The van der Waals surface area contributed by atoms with E-state index in [1.165, 1.54) is 0 Å². The van der Waals surface area contributed by atoms with E-state index in [0.717, 1.165) is 11.4 Å². The summed E-state index contributed by atoms with van der Waals surface area (Å²) in [5.41, 5.74) is 6.83. The fourth-order valence-electron chi connectivity index (χ4n) is 1.11. The molecule has 3 N–H and O–H groups in total. The van der Waals surface area contributed by atoms with E-state index in [9.17, 15) is 4.79 Å². The second kappa shape index (κ2) is 3.10. The molecule has 0 aliphatic heterocycles. The van der Waals surface area contributed by atoms with Gasteiger partial charge in [0.05, 0.1) is 6.42 Å². The first kappa shape index (κ1) is 8.99. The summed E-state index contributed by atoms with van der Waals surface area (Å²) >= 11 is 4.97. The molecule has 1 rings (SSSR count). The van der Waals surface area contributed by atoms with Crippen LogP contribution in [0.3, 0.4) is 0 Å².